The van der Waals surface area contributed by atoms with Gasteiger partial charge in [-0.15, -0.1) is 11.3 Å². The van der Waals surface area contributed by atoms with E-state index in [0.717, 1.165) is 54.3 Å². The van der Waals surface area contributed by atoms with E-state index in [1.165, 1.54) is 19.1 Å². The molecule has 4 aromatic rings. The van der Waals surface area contributed by atoms with Gasteiger partial charge in [-0.25, -0.2) is 9.18 Å². The van der Waals surface area contributed by atoms with Crippen LogP contribution in [-0.2, 0) is 6.18 Å². The smallest absolute Gasteiger partial charge is 0.417 e. The highest BCUT2D eigenvalue weighted by Crippen LogP contribution is 2.40. The molecule has 0 bridgehead atoms. The van der Waals surface area contributed by atoms with Gasteiger partial charge in [-0.05, 0) is 80.4 Å². The normalized spacial score (nSPS) is 11.2. The largest absolute Gasteiger partial charge is 0.493 e. The van der Waals surface area contributed by atoms with Gasteiger partial charge in [0.05, 0.1) is 39.8 Å². The minimum atomic E-state index is -4.89. The molecule has 46 heavy (non-hydrogen) atoms. The van der Waals surface area contributed by atoms with Crippen LogP contribution in [0.4, 0.5) is 28.9 Å². The summed E-state index contributed by atoms with van der Waals surface area (Å²) in [5.41, 5.74) is -1.66. The quantitative estimate of drug-likeness (QED) is 0.0547. The molecule has 0 saturated carbocycles. The zero-order valence-corrected chi connectivity index (χ0v) is 27.0. The van der Waals surface area contributed by atoms with Gasteiger partial charge in [-0.2, -0.15) is 13.2 Å². The highest BCUT2D eigenvalue weighted by molar-refractivity contribution is 8.00. The molecule has 1 heterocycles. The van der Waals surface area contributed by atoms with E-state index in [1.807, 2.05) is 13.0 Å². The summed E-state index contributed by atoms with van der Waals surface area (Å²) in [7, 11) is 3.28. The third-order valence-electron chi connectivity index (χ3n) is 6.20. The molecule has 0 aliphatic carbocycles. The first kappa shape index (κ1) is 34.6. The summed E-state index contributed by atoms with van der Waals surface area (Å²) < 4.78 is 73.0. The van der Waals surface area contributed by atoms with Crippen molar-refractivity contribution in [1.29, 1.82) is 0 Å². The molecular weight excluding hydrogens is 672 g/mol. The maximum absolute atomic E-state index is 14.5. The van der Waals surface area contributed by atoms with E-state index >= 15 is 0 Å². The Hall–Kier alpha value is -4.27. The van der Waals surface area contributed by atoms with Crippen LogP contribution in [0, 0.1) is 5.82 Å². The van der Waals surface area contributed by atoms with E-state index in [9.17, 15) is 31.9 Å². The summed E-state index contributed by atoms with van der Waals surface area (Å²) in [6.07, 6.45) is -4.89. The van der Waals surface area contributed by atoms with Gasteiger partial charge in [0.15, 0.2) is 17.3 Å². The average Bonchev–Trinajstić information content (AvgIpc) is 3.36. The standard InChI is InChI=1S/C31H25ClF4N2O6S2/c1-5-43-24-9-6-20(13-25(24)42-4)38(3)46-26-15-27(32)45-28(26)29(40)37-19-11-17(10-18(33)12-19)30(41)44-21-7-8-22(16(2)39)23(14-21)31(34,35)36/h6-15H,5H2,1-4H3,(H,37,40). The lowest BCUT2D eigenvalue weighted by atomic mass is 10.0. The minimum Gasteiger partial charge on any atom is -0.493 e. The predicted molar refractivity (Wildman–Crippen MR) is 169 cm³/mol. The molecule has 8 nitrogen and oxygen atoms in total. The SMILES string of the molecule is CCOc1ccc(N(C)Sc2cc(Cl)sc2C(=O)Nc2cc(F)cc(C(=O)Oc3ccc(C(C)=O)c(C(F)(F)F)c3)c2)cc1OC. The molecule has 242 valence electrons. The van der Waals surface area contributed by atoms with Gasteiger partial charge in [0.1, 0.15) is 16.4 Å². The highest BCUT2D eigenvalue weighted by Gasteiger charge is 2.35. The monoisotopic (exact) mass is 696 g/mol. The van der Waals surface area contributed by atoms with Crippen LogP contribution >= 0.6 is 34.9 Å². The molecule has 3 aromatic carbocycles. The number of hydrogen-bond acceptors (Lipinski definition) is 9. The number of carbonyl (C=O) groups is 3. The number of benzene rings is 3. The fraction of sp³-hybridized carbons (Fsp3) is 0.194. The highest BCUT2D eigenvalue weighted by atomic mass is 35.5. The Kier molecular flexibility index (Phi) is 10.9. The van der Waals surface area contributed by atoms with Crippen LogP contribution in [0.3, 0.4) is 0 Å². The van der Waals surface area contributed by atoms with Crippen molar-refractivity contribution in [2.45, 2.75) is 24.9 Å². The molecule has 0 fully saturated rings. The van der Waals surface area contributed by atoms with Gasteiger partial charge in [0, 0.05) is 24.4 Å². The number of rotatable bonds is 11. The molecule has 0 spiro atoms. The number of methoxy groups -OCH3 is 1. The van der Waals surface area contributed by atoms with Gasteiger partial charge in [0.25, 0.3) is 5.91 Å². The van der Waals surface area contributed by atoms with E-state index in [1.54, 1.807) is 29.6 Å². The van der Waals surface area contributed by atoms with Crippen LogP contribution in [0.25, 0.3) is 0 Å². The number of thiophene rings is 1. The summed E-state index contributed by atoms with van der Waals surface area (Å²) >= 11 is 8.41. The van der Waals surface area contributed by atoms with E-state index in [-0.39, 0.29) is 16.1 Å². The van der Waals surface area contributed by atoms with Gasteiger partial charge < -0.3 is 23.8 Å². The first-order valence-electron chi connectivity index (χ1n) is 13.3. The molecule has 0 radical (unpaired) electrons. The van der Waals surface area contributed by atoms with Crippen molar-refractivity contribution in [2.24, 2.45) is 0 Å². The minimum absolute atomic E-state index is 0.120. The lowest BCUT2D eigenvalue weighted by molar-refractivity contribution is -0.138. The number of anilines is 2. The number of halogens is 5. The van der Waals surface area contributed by atoms with Crippen molar-refractivity contribution < 1.29 is 46.2 Å². The van der Waals surface area contributed by atoms with Gasteiger partial charge in [0.2, 0.25) is 0 Å². The third-order valence-corrected chi connectivity index (χ3v) is 8.59. The fourth-order valence-electron chi connectivity index (χ4n) is 4.16. The van der Waals surface area contributed by atoms with Crippen molar-refractivity contribution in [3.05, 3.63) is 92.4 Å². The summed E-state index contributed by atoms with van der Waals surface area (Å²) in [5, 5.41) is 2.52. The predicted octanol–water partition coefficient (Wildman–Crippen LogP) is 8.78. The Balaban J connectivity index is 1.52. The van der Waals surface area contributed by atoms with Crippen molar-refractivity contribution in [1.82, 2.24) is 0 Å². The van der Waals surface area contributed by atoms with Gasteiger partial charge in [-0.1, -0.05) is 11.6 Å². The number of ether oxygens (including phenoxy) is 3. The van der Waals surface area contributed by atoms with E-state index < -0.39 is 46.5 Å². The molecule has 1 N–H and O–H groups in total. The molecule has 0 aliphatic rings. The van der Waals surface area contributed by atoms with Gasteiger partial charge in [-0.3, -0.25) is 9.59 Å². The van der Waals surface area contributed by atoms with Crippen LogP contribution < -0.4 is 23.8 Å². The summed E-state index contributed by atoms with van der Waals surface area (Å²) in [4.78, 5) is 38.4. The maximum atomic E-state index is 14.5. The van der Waals surface area contributed by atoms with Crippen molar-refractivity contribution in [2.75, 3.05) is 30.4 Å². The number of nitrogens with one attached hydrogen (secondary N) is 1. The second kappa shape index (κ2) is 14.4. The molecule has 0 atom stereocenters. The lowest BCUT2D eigenvalue weighted by Gasteiger charge is -2.19. The van der Waals surface area contributed by atoms with Gasteiger partial charge >= 0.3 is 12.1 Å². The molecule has 15 heteroatoms. The van der Waals surface area contributed by atoms with Crippen LogP contribution in [0.5, 0.6) is 17.2 Å². The number of esters is 1. The fourth-order valence-corrected chi connectivity index (χ4v) is 6.41. The van der Waals surface area contributed by atoms with E-state index in [4.69, 9.17) is 25.8 Å². The first-order chi connectivity index (χ1) is 21.7. The number of hydrogen-bond donors (Lipinski definition) is 1. The average molecular weight is 697 g/mol. The second-order valence-corrected chi connectivity index (χ2v) is 12.3. The number of carbonyl (C=O) groups excluding carboxylic acids is 3. The topological polar surface area (TPSA) is 94.2 Å². The molecule has 4 rings (SSSR count). The lowest BCUT2D eigenvalue weighted by Crippen LogP contribution is -2.15. The van der Waals surface area contributed by atoms with Crippen molar-refractivity contribution in [3.63, 3.8) is 0 Å². The van der Waals surface area contributed by atoms with Crippen LogP contribution in [0.15, 0.2) is 65.6 Å². The Morgan fingerprint density at radius 2 is 1.76 bits per heavy atom. The summed E-state index contributed by atoms with van der Waals surface area (Å²) in [6, 6.07) is 12.2. The summed E-state index contributed by atoms with van der Waals surface area (Å²) in [6.45, 7) is 3.28. The third kappa shape index (κ3) is 8.30. The second-order valence-electron chi connectivity index (χ2n) is 9.43. The molecule has 0 saturated heterocycles. The van der Waals surface area contributed by atoms with E-state index in [2.05, 4.69) is 5.32 Å². The number of alkyl halides is 3. The molecule has 1 aromatic heterocycles. The Morgan fingerprint density at radius 3 is 2.41 bits per heavy atom. The molecular formula is C31H25ClF4N2O6S2. The number of nitrogens with zero attached hydrogens (tertiary/aromatic N) is 1. The number of Topliss-reactive ketones (excluding diaryl/α,β-unsaturated/α-hetero) is 1. The zero-order valence-electron chi connectivity index (χ0n) is 24.6. The Labute approximate surface area is 274 Å². The zero-order chi connectivity index (χ0) is 33.8. The number of ketones is 1. The van der Waals surface area contributed by atoms with Crippen molar-refractivity contribution >= 4 is 63.9 Å². The molecule has 0 unspecified atom stereocenters. The van der Waals surface area contributed by atoms with Crippen LogP contribution in [0.2, 0.25) is 4.34 Å². The first-order valence-corrected chi connectivity index (χ1v) is 15.2. The summed E-state index contributed by atoms with van der Waals surface area (Å²) in [5.74, 6) is -3.02. The van der Waals surface area contributed by atoms with Crippen LogP contribution in [-0.4, -0.2) is 38.4 Å². The van der Waals surface area contributed by atoms with Crippen LogP contribution in [0.1, 0.15) is 49.8 Å². The van der Waals surface area contributed by atoms with E-state index in [0.29, 0.717) is 33.4 Å². The van der Waals surface area contributed by atoms with Crippen molar-refractivity contribution in [3.8, 4) is 17.2 Å². The Morgan fingerprint density at radius 1 is 1.02 bits per heavy atom. The number of amides is 1. The Bertz CT molecular complexity index is 1800. The molecule has 0 aliphatic heterocycles. The maximum Gasteiger partial charge on any atom is 0.417 e. The molecule has 1 amide bonds.